The highest BCUT2D eigenvalue weighted by Gasteiger charge is 2.13. The minimum absolute atomic E-state index is 0.202. The van der Waals surface area contributed by atoms with Gasteiger partial charge in [-0.15, -0.1) is 11.3 Å². The summed E-state index contributed by atoms with van der Waals surface area (Å²) in [4.78, 5) is 14.4. The number of thiophene rings is 1. The van der Waals surface area contributed by atoms with E-state index in [1.807, 2.05) is 11.4 Å². The van der Waals surface area contributed by atoms with Crippen LogP contribution in [0.4, 0.5) is 0 Å². The number of rotatable bonds is 5. The molecular weight excluding hydrogens is 210 g/mol. The molecule has 1 aromatic heterocycles. The molecule has 0 radical (unpaired) electrons. The molecule has 4 nitrogen and oxygen atoms in total. The van der Waals surface area contributed by atoms with Crippen LogP contribution < -0.4 is 11.3 Å². The van der Waals surface area contributed by atoms with E-state index in [2.05, 4.69) is 24.2 Å². The van der Waals surface area contributed by atoms with Crippen LogP contribution in [0.3, 0.4) is 0 Å². The lowest BCUT2D eigenvalue weighted by atomic mass is 10.2. The molecular formula is C10H17N3OS. The average molecular weight is 227 g/mol. The zero-order valence-electron chi connectivity index (χ0n) is 9.12. The number of carbonyl (C=O) groups is 1. The second-order valence-corrected chi connectivity index (χ2v) is 4.13. The predicted octanol–water partition coefficient (Wildman–Crippen LogP) is 1.19. The molecule has 1 rings (SSSR count). The van der Waals surface area contributed by atoms with Gasteiger partial charge < -0.3 is 0 Å². The van der Waals surface area contributed by atoms with Gasteiger partial charge in [0.2, 0.25) is 0 Å². The van der Waals surface area contributed by atoms with Crippen molar-refractivity contribution < 1.29 is 4.79 Å². The van der Waals surface area contributed by atoms with Crippen molar-refractivity contribution in [3.05, 3.63) is 21.9 Å². The summed E-state index contributed by atoms with van der Waals surface area (Å²) in [5, 5.41) is 1.92. The molecule has 0 bridgehead atoms. The quantitative estimate of drug-likeness (QED) is 0.451. The first-order chi connectivity index (χ1) is 7.22. The molecule has 1 heterocycles. The van der Waals surface area contributed by atoms with E-state index in [0.29, 0.717) is 4.88 Å². The van der Waals surface area contributed by atoms with Gasteiger partial charge in [-0.1, -0.05) is 13.8 Å². The van der Waals surface area contributed by atoms with Gasteiger partial charge in [-0.05, 0) is 30.1 Å². The highest BCUT2D eigenvalue weighted by Crippen LogP contribution is 2.18. The maximum atomic E-state index is 11.4. The maximum Gasteiger partial charge on any atom is 0.275 e. The first-order valence-corrected chi connectivity index (χ1v) is 5.90. The monoisotopic (exact) mass is 227 g/mol. The van der Waals surface area contributed by atoms with Gasteiger partial charge in [0, 0.05) is 6.54 Å². The van der Waals surface area contributed by atoms with Crippen molar-refractivity contribution >= 4 is 17.2 Å². The molecule has 0 aromatic carbocycles. The van der Waals surface area contributed by atoms with Crippen LogP contribution in [0, 0.1) is 0 Å². The third-order valence-electron chi connectivity index (χ3n) is 2.37. The first-order valence-electron chi connectivity index (χ1n) is 5.02. The standard InChI is InChI=1S/C10H17N3OS/c1-3-13(4-2)7-8-5-6-15-9(8)10(14)12-11/h5-6H,3-4,7,11H2,1-2H3,(H,12,14). The third kappa shape index (κ3) is 3.02. The largest absolute Gasteiger partial charge is 0.300 e. The van der Waals surface area contributed by atoms with E-state index >= 15 is 0 Å². The van der Waals surface area contributed by atoms with E-state index in [1.165, 1.54) is 11.3 Å². The molecule has 0 saturated carbocycles. The number of carbonyl (C=O) groups excluding carboxylic acids is 1. The molecule has 1 amide bonds. The molecule has 0 aliphatic rings. The first kappa shape index (κ1) is 12.2. The Kier molecular flexibility index (Phi) is 4.74. The summed E-state index contributed by atoms with van der Waals surface area (Å²) >= 11 is 1.43. The van der Waals surface area contributed by atoms with E-state index in [1.54, 1.807) is 0 Å². The molecule has 0 atom stereocenters. The fraction of sp³-hybridized carbons (Fsp3) is 0.500. The number of nitrogens with one attached hydrogen (secondary N) is 1. The molecule has 0 aliphatic heterocycles. The zero-order chi connectivity index (χ0) is 11.3. The van der Waals surface area contributed by atoms with Crippen LogP contribution >= 0.6 is 11.3 Å². The summed E-state index contributed by atoms with van der Waals surface area (Å²) in [6.45, 7) is 6.99. The van der Waals surface area contributed by atoms with Crippen LogP contribution in [0.2, 0.25) is 0 Å². The Morgan fingerprint density at radius 1 is 1.53 bits per heavy atom. The molecule has 15 heavy (non-hydrogen) atoms. The van der Waals surface area contributed by atoms with Crippen LogP contribution in [-0.2, 0) is 6.54 Å². The predicted molar refractivity (Wildman–Crippen MR) is 62.6 cm³/mol. The number of nitrogens with zero attached hydrogens (tertiary/aromatic N) is 1. The van der Waals surface area contributed by atoms with Crippen molar-refractivity contribution in [3.63, 3.8) is 0 Å². The minimum atomic E-state index is -0.202. The van der Waals surface area contributed by atoms with Crippen molar-refractivity contribution in [1.82, 2.24) is 10.3 Å². The van der Waals surface area contributed by atoms with Crippen molar-refractivity contribution in [2.24, 2.45) is 5.84 Å². The summed E-state index contributed by atoms with van der Waals surface area (Å²) in [5.74, 6) is 4.92. The number of nitrogens with two attached hydrogens (primary N) is 1. The number of nitrogen functional groups attached to an aromatic ring is 1. The van der Waals surface area contributed by atoms with Gasteiger partial charge in [0.1, 0.15) is 0 Å². The van der Waals surface area contributed by atoms with Crippen molar-refractivity contribution in [2.75, 3.05) is 13.1 Å². The van der Waals surface area contributed by atoms with Gasteiger partial charge in [-0.25, -0.2) is 5.84 Å². The highest BCUT2D eigenvalue weighted by molar-refractivity contribution is 7.12. The van der Waals surface area contributed by atoms with Crippen LogP contribution in [-0.4, -0.2) is 23.9 Å². The number of amides is 1. The van der Waals surface area contributed by atoms with Crippen LogP contribution in [0.5, 0.6) is 0 Å². The lowest BCUT2D eigenvalue weighted by Crippen LogP contribution is -2.31. The maximum absolute atomic E-state index is 11.4. The second kappa shape index (κ2) is 5.85. The summed E-state index contributed by atoms with van der Waals surface area (Å²) in [6.07, 6.45) is 0. The van der Waals surface area contributed by atoms with Crippen LogP contribution in [0.25, 0.3) is 0 Å². The molecule has 0 saturated heterocycles. The molecule has 84 valence electrons. The Labute approximate surface area is 94.0 Å². The van der Waals surface area contributed by atoms with Crippen LogP contribution in [0.15, 0.2) is 11.4 Å². The zero-order valence-corrected chi connectivity index (χ0v) is 9.93. The average Bonchev–Trinajstić information content (AvgIpc) is 2.72. The molecule has 0 fully saturated rings. The fourth-order valence-corrected chi connectivity index (χ4v) is 2.23. The SMILES string of the molecule is CCN(CC)Cc1ccsc1C(=O)NN. The molecule has 3 N–H and O–H groups in total. The fourth-order valence-electron chi connectivity index (χ4n) is 1.41. The van der Waals surface area contributed by atoms with Crippen molar-refractivity contribution in [1.29, 1.82) is 0 Å². The molecule has 0 aliphatic carbocycles. The topological polar surface area (TPSA) is 58.4 Å². The Morgan fingerprint density at radius 2 is 2.20 bits per heavy atom. The van der Waals surface area contributed by atoms with E-state index < -0.39 is 0 Å². The Balaban J connectivity index is 2.76. The van der Waals surface area contributed by atoms with Crippen molar-refractivity contribution in [2.45, 2.75) is 20.4 Å². The number of hydrazine groups is 1. The van der Waals surface area contributed by atoms with Crippen LogP contribution in [0.1, 0.15) is 29.1 Å². The van der Waals surface area contributed by atoms with Gasteiger partial charge in [0.15, 0.2) is 0 Å². The van der Waals surface area contributed by atoms with Gasteiger partial charge in [-0.2, -0.15) is 0 Å². The normalized spacial score (nSPS) is 10.7. The summed E-state index contributed by atoms with van der Waals surface area (Å²) < 4.78 is 0. The molecule has 0 spiro atoms. The van der Waals surface area contributed by atoms with E-state index in [9.17, 15) is 4.79 Å². The van der Waals surface area contributed by atoms with Gasteiger partial charge in [-0.3, -0.25) is 15.1 Å². The molecule has 1 aromatic rings. The Bertz CT molecular complexity index is 320. The lowest BCUT2D eigenvalue weighted by molar-refractivity contribution is 0.0956. The summed E-state index contributed by atoms with van der Waals surface area (Å²) in [6, 6.07) is 1.98. The van der Waals surface area contributed by atoms with Gasteiger partial charge in [0.25, 0.3) is 5.91 Å². The molecule has 0 unspecified atom stereocenters. The number of hydrogen-bond acceptors (Lipinski definition) is 4. The Morgan fingerprint density at radius 3 is 2.73 bits per heavy atom. The smallest absolute Gasteiger partial charge is 0.275 e. The number of hydrogen-bond donors (Lipinski definition) is 2. The minimum Gasteiger partial charge on any atom is -0.300 e. The third-order valence-corrected chi connectivity index (χ3v) is 3.33. The van der Waals surface area contributed by atoms with E-state index in [4.69, 9.17) is 5.84 Å². The Hall–Kier alpha value is -0.910. The van der Waals surface area contributed by atoms with E-state index in [0.717, 1.165) is 25.2 Å². The second-order valence-electron chi connectivity index (χ2n) is 3.21. The molecule has 5 heteroatoms. The van der Waals surface area contributed by atoms with Gasteiger partial charge in [0.05, 0.1) is 4.88 Å². The summed E-state index contributed by atoms with van der Waals surface area (Å²) in [7, 11) is 0. The summed E-state index contributed by atoms with van der Waals surface area (Å²) in [5.41, 5.74) is 3.22. The van der Waals surface area contributed by atoms with Gasteiger partial charge >= 0.3 is 0 Å². The van der Waals surface area contributed by atoms with Crippen molar-refractivity contribution in [3.8, 4) is 0 Å². The highest BCUT2D eigenvalue weighted by atomic mass is 32.1. The van der Waals surface area contributed by atoms with E-state index in [-0.39, 0.29) is 5.91 Å². The lowest BCUT2D eigenvalue weighted by Gasteiger charge is -2.17.